The first-order valence-corrected chi connectivity index (χ1v) is 10.5. The summed E-state index contributed by atoms with van der Waals surface area (Å²) in [5.41, 5.74) is 1.08. The van der Waals surface area contributed by atoms with Gasteiger partial charge in [0.1, 0.15) is 5.75 Å². The molecule has 0 bridgehead atoms. The van der Waals surface area contributed by atoms with Crippen molar-refractivity contribution >= 4 is 11.8 Å². The van der Waals surface area contributed by atoms with E-state index in [4.69, 9.17) is 4.74 Å². The summed E-state index contributed by atoms with van der Waals surface area (Å²) in [4.78, 5) is 29.0. The number of rotatable bonds is 4. The molecule has 1 spiro atoms. The molecule has 3 aliphatic heterocycles. The number of nitrogens with zero attached hydrogens (tertiary/aromatic N) is 2. The predicted molar refractivity (Wildman–Crippen MR) is 105 cm³/mol. The molecule has 0 saturated carbocycles. The zero-order chi connectivity index (χ0) is 19.6. The lowest BCUT2D eigenvalue weighted by molar-refractivity contribution is -0.143. The van der Waals surface area contributed by atoms with Gasteiger partial charge >= 0.3 is 0 Å². The van der Waals surface area contributed by atoms with Crippen LogP contribution < -0.4 is 0 Å². The van der Waals surface area contributed by atoms with Gasteiger partial charge in [-0.1, -0.05) is 12.1 Å². The lowest BCUT2D eigenvalue weighted by atomic mass is 9.72. The molecule has 3 aliphatic rings. The summed E-state index contributed by atoms with van der Waals surface area (Å²) in [7, 11) is 0. The highest BCUT2D eigenvalue weighted by molar-refractivity contribution is 5.79. The third-order valence-corrected chi connectivity index (χ3v) is 6.66. The lowest BCUT2D eigenvalue weighted by Gasteiger charge is -2.47. The number of ether oxygens (including phenoxy) is 1. The largest absolute Gasteiger partial charge is 0.508 e. The van der Waals surface area contributed by atoms with Gasteiger partial charge < -0.3 is 19.6 Å². The van der Waals surface area contributed by atoms with Crippen molar-refractivity contribution < 1.29 is 19.4 Å². The average molecular weight is 386 g/mol. The molecule has 6 nitrogen and oxygen atoms in total. The Balaban J connectivity index is 1.31. The molecule has 0 aliphatic carbocycles. The molecule has 152 valence electrons. The number of aromatic hydroxyl groups is 1. The van der Waals surface area contributed by atoms with Gasteiger partial charge in [-0.2, -0.15) is 0 Å². The molecular weight excluding hydrogens is 356 g/mol. The van der Waals surface area contributed by atoms with Crippen LogP contribution in [0.4, 0.5) is 0 Å². The number of amides is 2. The highest BCUT2D eigenvalue weighted by Gasteiger charge is 2.42. The van der Waals surface area contributed by atoms with Gasteiger partial charge in [0.05, 0.1) is 12.5 Å². The summed E-state index contributed by atoms with van der Waals surface area (Å²) in [5.74, 6) is 0.617. The van der Waals surface area contributed by atoms with Crippen molar-refractivity contribution in [2.24, 2.45) is 5.41 Å². The van der Waals surface area contributed by atoms with Crippen LogP contribution in [0.2, 0.25) is 0 Å². The Bertz CT molecular complexity index is 704. The summed E-state index contributed by atoms with van der Waals surface area (Å²) in [5, 5.41) is 9.38. The van der Waals surface area contributed by atoms with E-state index >= 15 is 0 Å². The van der Waals surface area contributed by atoms with Gasteiger partial charge in [-0.3, -0.25) is 9.59 Å². The Morgan fingerprint density at radius 1 is 1.18 bits per heavy atom. The number of carbonyl (C=O) groups is 2. The van der Waals surface area contributed by atoms with Crippen molar-refractivity contribution in [1.29, 1.82) is 0 Å². The third kappa shape index (κ3) is 4.32. The van der Waals surface area contributed by atoms with Crippen LogP contribution in [0.5, 0.6) is 5.75 Å². The van der Waals surface area contributed by atoms with E-state index in [9.17, 15) is 14.7 Å². The zero-order valence-electron chi connectivity index (χ0n) is 16.4. The highest BCUT2D eigenvalue weighted by Crippen LogP contribution is 2.40. The minimum Gasteiger partial charge on any atom is -0.508 e. The van der Waals surface area contributed by atoms with Crippen molar-refractivity contribution in [3.8, 4) is 5.75 Å². The van der Waals surface area contributed by atoms with Crippen molar-refractivity contribution in [3.05, 3.63) is 29.8 Å². The monoisotopic (exact) mass is 386 g/mol. The fraction of sp³-hybridized carbons (Fsp3) is 0.636. The third-order valence-electron chi connectivity index (χ3n) is 6.66. The van der Waals surface area contributed by atoms with E-state index in [1.165, 1.54) is 0 Å². The zero-order valence-corrected chi connectivity index (χ0v) is 16.4. The number of benzene rings is 1. The molecule has 3 saturated heterocycles. The average Bonchev–Trinajstić information content (AvgIpc) is 3.20. The molecule has 2 amide bonds. The van der Waals surface area contributed by atoms with Crippen LogP contribution in [0.3, 0.4) is 0 Å². The van der Waals surface area contributed by atoms with Gasteiger partial charge in [-0.15, -0.1) is 0 Å². The summed E-state index contributed by atoms with van der Waals surface area (Å²) in [6.45, 7) is 3.88. The summed E-state index contributed by atoms with van der Waals surface area (Å²) < 4.78 is 5.73. The molecule has 28 heavy (non-hydrogen) atoms. The molecule has 1 aromatic carbocycles. The number of hydrogen-bond acceptors (Lipinski definition) is 4. The van der Waals surface area contributed by atoms with Crippen molar-refractivity contribution in [1.82, 2.24) is 9.80 Å². The maximum Gasteiger partial charge on any atom is 0.226 e. The van der Waals surface area contributed by atoms with E-state index in [0.29, 0.717) is 12.8 Å². The Morgan fingerprint density at radius 3 is 2.61 bits per heavy atom. The van der Waals surface area contributed by atoms with E-state index in [0.717, 1.165) is 70.5 Å². The quantitative estimate of drug-likeness (QED) is 0.862. The van der Waals surface area contributed by atoms with Crippen molar-refractivity contribution in [2.75, 3.05) is 32.8 Å². The molecule has 1 aromatic rings. The smallest absolute Gasteiger partial charge is 0.226 e. The van der Waals surface area contributed by atoms with Gasteiger partial charge in [0.15, 0.2) is 0 Å². The van der Waals surface area contributed by atoms with E-state index in [2.05, 4.69) is 0 Å². The Hall–Kier alpha value is -2.08. The maximum atomic E-state index is 12.7. The second-order valence-electron chi connectivity index (χ2n) is 8.63. The van der Waals surface area contributed by atoms with Crippen LogP contribution in [0.1, 0.15) is 44.1 Å². The van der Waals surface area contributed by atoms with E-state index in [1.807, 2.05) is 9.80 Å². The highest BCUT2D eigenvalue weighted by atomic mass is 16.5. The summed E-state index contributed by atoms with van der Waals surface area (Å²) in [6, 6.07) is 6.84. The predicted octanol–water partition coefficient (Wildman–Crippen LogP) is 2.34. The van der Waals surface area contributed by atoms with Crippen LogP contribution in [0, 0.1) is 5.41 Å². The minimum atomic E-state index is 0.142. The number of phenolic OH excluding ortho intramolecular Hbond substituents is 1. The maximum absolute atomic E-state index is 12.7. The van der Waals surface area contributed by atoms with Gasteiger partial charge in [0, 0.05) is 39.2 Å². The van der Waals surface area contributed by atoms with E-state index < -0.39 is 0 Å². The summed E-state index contributed by atoms with van der Waals surface area (Å²) >= 11 is 0. The number of piperidine rings is 2. The molecular formula is C22H30N2O4. The number of carbonyl (C=O) groups excluding carboxylic acids is 2. The first kappa shape index (κ1) is 19.2. The SMILES string of the molecule is O=C(Cc1ccc(O)cc1)N1CCC2(CCC(=O)N(CC3CCCO3)C2)CC1. The standard InChI is InChI=1S/C22H30N2O4/c25-18-5-3-17(4-6-18)14-21(27)23-11-9-22(10-12-23)8-7-20(26)24(16-22)15-19-2-1-13-28-19/h3-6,19,25H,1-2,7-16H2. The molecule has 1 atom stereocenters. The number of likely N-dealkylation sites (tertiary alicyclic amines) is 2. The second-order valence-corrected chi connectivity index (χ2v) is 8.63. The Morgan fingerprint density at radius 2 is 1.93 bits per heavy atom. The molecule has 3 heterocycles. The van der Waals surface area contributed by atoms with Crippen LogP contribution in [0.15, 0.2) is 24.3 Å². The molecule has 1 unspecified atom stereocenters. The van der Waals surface area contributed by atoms with Gasteiger partial charge in [0.2, 0.25) is 11.8 Å². The molecule has 1 N–H and O–H groups in total. The van der Waals surface area contributed by atoms with Crippen molar-refractivity contribution in [3.63, 3.8) is 0 Å². The van der Waals surface area contributed by atoms with Crippen molar-refractivity contribution in [2.45, 2.75) is 51.0 Å². The Kier molecular flexibility index (Phi) is 5.58. The fourth-order valence-electron chi connectivity index (χ4n) is 4.84. The van der Waals surface area contributed by atoms with Crippen LogP contribution in [0.25, 0.3) is 0 Å². The molecule has 6 heteroatoms. The van der Waals surface area contributed by atoms with Crippen LogP contribution in [-0.4, -0.2) is 65.6 Å². The molecule has 4 rings (SSSR count). The molecule has 3 fully saturated rings. The second kappa shape index (κ2) is 8.11. The number of phenols is 1. The lowest BCUT2D eigenvalue weighted by Crippen LogP contribution is -2.53. The molecule has 0 radical (unpaired) electrons. The minimum absolute atomic E-state index is 0.142. The fourth-order valence-corrected chi connectivity index (χ4v) is 4.84. The summed E-state index contributed by atoms with van der Waals surface area (Å²) in [6.07, 6.45) is 6.20. The molecule has 0 aromatic heterocycles. The van der Waals surface area contributed by atoms with E-state index in [1.54, 1.807) is 24.3 Å². The number of hydrogen-bond donors (Lipinski definition) is 1. The first-order chi connectivity index (χ1) is 13.5. The van der Waals surface area contributed by atoms with Gasteiger partial charge in [0.25, 0.3) is 0 Å². The van der Waals surface area contributed by atoms with Gasteiger partial charge in [-0.05, 0) is 55.2 Å². The van der Waals surface area contributed by atoms with Crippen LogP contribution >= 0.6 is 0 Å². The van der Waals surface area contributed by atoms with Gasteiger partial charge in [-0.25, -0.2) is 0 Å². The Labute approximate surface area is 166 Å². The topological polar surface area (TPSA) is 70.1 Å². The normalized spacial score (nSPS) is 24.7. The van der Waals surface area contributed by atoms with Crippen LogP contribution in [-0.2, 0) is 20.7 Å². The van der Waals surface area contributed by atoms with E-state index in [-0.39, 0.29) is 29.1 Å². The first-order valence-electron chi connectivity index (χ1n) is 10.5.